The fourth-order valence-corrected chi connectivity index (χ4v) is 3.41. The Balaban J connectivity index is 2.19. The van der Waals surface area contributed by atoms with Crippen molar-refractivity contribution in [3.8, 4) is 0 Å². The van der Waals surface area contributed by atoms with Crippen molar-refractivity contribution in [3.05, 3.63) is 0 Å². The largest absolute Gasteiger partial charge is 0.304 e. The van der Waals surface area contributed by atoms with Gasteiger partial charge in [0, 0.05) is 26.2 Å². The standard InChI is InChI=1S/C19H40N2/c1-4-6-8-10-12-19(11-9-7-5-2)13-14-21-17-15-20(3)16-18-21/h19H,4-18H2,1-3H3. The molecule has 1 saturated heterocycles. The third kappa shape index (κ3) is 9.52. The van der Waals surface area contributed by atoms with E-state index in [0.717, 1.165) is 5.92 Å². The average Bonchev–Trinajstić information content (AvgIpc) is 2.50. The Hall–Kier alpha value is -0.0800. The van der Waals surface area contributed by atoms with E-state index in [1.807, 2.05) is 0 Å². The van der Waals surface area contributed by atoms with Crippen LogP contribution in [0.15, 0.2) is 0 Å². The highest BCUT2D eigenvalue weighted by atomic mass is 15.2. The number of unbranched alkanes of at least 4 members (excludes halogenated alkanes) is 5. The predicted molar refractivity (Wildman–Crippen MR) is 94.9 cm³/mol. The summed E-state index contributed by atoms with van der Waals surface area (Å²) >= 11 is 0. The number of hydrogen-bond donors (Lipinski definition) is 0. The minimum absolute atomic E-state index is 0.994. The van der Waals surface area contributed by atoms with Gasteiger partial charge in [0.2, 0.25) is 0 Å². The molecule has 1 atom stereocenters. The maximum Gasteiger partial charge on any atom is 0.0110 e. The lowest BCUT2D eigenvalue weighted by molar-refractivity contribution is 0.144. The third-order valence-corrected chi connectivity index (χ3v) is 5.13. The molecule has 1 unspecified atom stereocenters. The van der Waals surface area contributed by atoms with E-state index in [0.29, 0.717) is 0 Å². The molecule has 0 N–H and O–H groups in total. The Morgan fingerprint density at radius 1 is 0.714 bits per heavy atom. The molecule has 0 radical (unpaired) electrons. The topological polar surface area (TPSA) is 6.48 Å². The van der Waals surface area contributed by atoms with Gasteiger partial charge in [0.05, 0.1) is 0 Å². The lowest BCUT2D eigenvalue weighted by Gasteiger charge is -2.33. The first-order valence-electron chi connectivity index (χ1n) is 9.67. The molecule has 1 aliphatic rings. The van der Waals surface area contributed by atoms with Gasteiger partial charge in [-0.2, -0.15) is 0 Å². The molecule has 1 rings (SSSR count). The van der Waals surface area contributed by atoms with Crippen molar-refractivity contribution >= 4 is 0 Å². The second kappa shape index (κ2) is 12.5. The molecule has 0 aromatic heterocycles. The highest BCUT2D eigenvalue weighted by Crippen LogP contribution is 2.22. The van der Waals surface area contributed by atoms with Crippen molar-refractivity contribution in [2.24, 2.45) is 5.92 Å². The van der Waals surface area contributed by atoms with Gasteiger partial charge in [0.1, 0.15) is 0 Å². The summed E-state index contributed by atoms with van der Waals surface area (Å²) < 4.78 is 0. The molecular weight excluding hydrogens is 256 g/mol. The smallest absolute Gasteiger partial charge is 0.0110 e. The van der Waals surface area contributed by atoms with Crippen molar-refractivity contribution in [1.29, 1.82) is 0 Å². The van der Waals surface area contributed by atoms with Gasteiger partial charge < -0.3 is 9.80 Å². The highest BCUT2D eigenvalue weighted by molar-refractivity contribution is 4.71. The van der Waals surface area contributed by atoms with Crippen LogP contribution in [-0.4, -0.2) is 49.6 Å². The van der Waals surface area contributed by atoms with Crippen molar-refractivity contribution in [2.75, 3.05) is 39.8 Å². The third-order valence-electron chi connectivity index (χ3n) is 5.13. The molecule has 0 bridgehead atoms. The van der Waals surface area contributed by atoms with Crippen LogP contribution in [0.25, 0.3) is 0 Å². The number of rotatable bonds is 12. The summed E-state index contributed by atoms with van der Waals surface area (Å²) in [5.41, 5.74) is 0. The fourth-order valence-electron chi connectivity index (χ4n) is 3.41. The molecule has 0 aromatic carbocycles. The summed E-state index contributed by atoms with van der Waals surface area (Å²) in [6, 6.07) is 0. The normalized spacial score (nSPS) is 19.0. The summed E-state index contributed by atoms with van der Waals surface area (Å²) in [6.07, 6.45) is 14.4. The SMILES string of the molecule is CCCCCCC(CCCCC)CCN1CCN(C)CC1. The molecular formula is C19H40N2. The van der Waals surface area contributed by atoms with Crippen molar-refractivity contribution in [2.45, 2.75) is 78.1 Å². The average molecular weight is 297 g/mol. The molecule has 2 nitrogen and oxygen atoms in total. The summed E-state index contributed by atoms with van der Waals surface area (Å²) in [4.78, 5) is 5.15. The van der Waals surface area contributed by atoms with E-state index in [4.69, 9.17) is 0 Å². The van der Waals surface area contributed by atoms with Gasteiger partial charge in [-0.1, -0.05) is 71.6 Å². The van der Waals surface area contributed by atoms with Crippen LogP contribution in [0.2, 0.25) is 0 Å². The Bertz CT molecular complexity index is 222. The van der Waals surface area contributed by atoms with Gasteiger partial charge in [-0.15, -0.1) is 0 Å². The molecule has 1 heterocycles. The van der Waals surface area contributed by atoms with E-state index in [2.05, 4.69) is 30.7 Å². The van der Waals surface area contributed by atoms with Crippen molar-refractivity contribution in [1.82, 2.24) is 9.80 Å². The van der Waals surface area contributed by atoms with Crippen LogP contribution in [0.1, 0.15) is 78.1 Å². The molecule has 1 fully saturated rings. The molecule has 0 amide bonds. The van der Waals surface area contributed by atoms with E-state index in [1.54, 1.807) is 0 Å². The van der Waals surface area contributed by atoms with Crippen molar-refractivity contribution in [3.63, 3.8) is 0 Å². The van der Waals surface area contributed by atoms with Crippen molar-refractivity contribution < 1.29 is 0 Å². The Morgan fingerprint density at radius 3 is 1.90 bits per heavy atom. The number of hydrogen-bond acceptors (Lipinski definition) is 2. The first-order valence-corrected chi connectivity index (χ1v) is 9.67. The molecule has 0 aromatic rings. The number of piperazine rings is 1. The summed E-state index contributed by atoms with van der Waals surface area (Å²) in [6.45, 7) is 11.1. The minimum atomic E-state index is 0.994. The zero-order chi connectivity index (χ0) is 15.3. The van der Waals surface area contributed by atoms with Crippen LogP contribution in [0.4, 0.5) is 0 Å². The number of likely N-dealkylation sites (N-methyl/N-ethyl adjacent to an activating group) is 1. The zero-order valence-electron chi connectivity index (χ0n) is 15.1. The predicted octanol–water partition coefficient (Wildman–Crippen LogP) is 4.79. The molecule has 21 heavy (non-hydrogen) atoms. The van der Waals surface area contributed by atoms with E-state index < -0.39 is 0 Å². The van der Waals surface area contributed by atoms with Crippen LogP contribution >= 0.6 is 0 Å². The van der Waals surface area contributed by atoms with Gasteiger partial charge in [-0.05, 0) is 25.9 Å². The monoisotopic (exact) mass is 296 g/mol. The Kier molecular flexibility index (Phi) is 11.3. The van der Waals surface area contributed by atoms with Gasteiger partial charge in [0.25, 0.3) is 0 Å². The minimum Gasteiger partial charge on any atom is -0.304 e. The number of nitrogens with zero attached hydrogens (tertiary/aromatic N) is 2. The first-order chi connectivity index (χ1) is 10.3. The van der Waals surface area contributed by atoms with Gasteiger partial charge >= 0.3 is 0 Å². The van der Waals surface area contributed by atoms with Gasteiger partial charge in [-0.3, -0.25) is 0 Å². The molecule has 0 spiro atoms. The Labute approximate surface area is 134 Å². The quantitative estimate of drug-likeness (QED) is 0.478. The van der Waals surface area contributed by atoms with Gasteiger partial charge in [0.15, 0.2) is 0 Å². The lowest BCUT2D eigenvalue weighted by atomic mass is 9.91. The molecule has 0 aliphatic carbocycles. The van der Waals surface area contributed by atoms with Gasteiger partial charge in [-0.25, -0.2) is 0 Å². The van der Waals surface area contributed by atoms with Crippen LogP contribution in [0, 0.1) is 5.92 Å². The summed E-state index contributed by atoms with van der Waals surface area (Å²) in [7, 11) is 2.25. The van der Waals surface area contributed by atoms with Crippen LogP contribution in [0.3, 0.4) is 0 Å². The molecule has 1 aliphatic heterocycles. The second-order valence-corrected chi connectivity index (χ2v) is 7.14. The second-order valence-electron chi connectivity index (χ2n) is 7.14. The maximum atomic E-state index is 2.69. The molecule has 126 valence electrons. The van der Waals surface area contributed by atoms with E-state index in [-0.39, 0.29) is 0 Å². The van der Waals surface area contributed by atoms with E-state index in [9.17, 15) is 0 Å². The van der Waals surface area contributed by atoms with Crippen LogP contribution in [-0.2, 0) is 0 Å². The highest BCUT2D eigenvalue weighted by Gasteiger charge is 2.15. The lowest BCUT2D eigenvalue weighted by Crippen LogP contribution is -2.44. The van der Waals surface area contributed by atoms with Crippen LogP contribution < -0.4 is 0 Å². The Morgan fingerprint density at radius 2 is 1.29 bits per heavy atom. The summed E-state index contributed by atoms with van der Waals surface area (Å²) in [5.74, 6) is 0.994. The molecule has 0 saturated carbocycles. The summed E-state index contributed by atoms with van der Waals surface area (Å²) in [5, 5.41) is 0. The molecule has 2 heteroatoms. The van der Waals surface area contributed by atoms with E-state index in [1.165, 1.54) is 96.9 Å². The fraction of sp³-hybridized carbons (Fsp3) is 1.00. The maximum absolute atomic E-state index is 2.69. The van der Waals surface area contributed by atoms with Crippen LogP contribution in [0.5, 0.6) is 0 Å². The zero-order valence-corrected chi connectivity index (χ0v) is 15.1. The van der Waals surface area contributed by atoms with E-state index >= 15 is 0 Å². The first kappa shape index (κ1) is 19.0.